The summed E-state index contributed by atoms with van der Waals surface area (Å²) in [6.07, 6.45) is 3.60. The van der Waals surface area contributed by atoms with Gasteiger partial charge in [0.15, 0.2) is 0 Å². The third-order valence-electron chi connectivity index (χ3n) is 6.55. The van der Waals surface area contributed by atoms with E-state index in [0.717, 1.165) is 23.5 Å². The number of carbonyl (C=O) groups excluding carboxylic acids is 1. The van der Waals surface area contributed by atoms with Gasteiger partial charge in [-0.25, -0.2) is 4.98 Å². The summed E-state index contributed by atoms with van der Waals surface area (Å²) in [4.78, 5) is 19.4. The molecule has 35 heavy (non-hydrogen) atoms. The second-order valence-corrected chi connectivity index (χ2v) is 9.04. The molecule has 1 atom stereocenters. The summed E-state index contributed by atoms with van der Waals surface area (Å²) in [7, 11) is 0. The Morgan fingerprint density at radius 3 is 2.74 bits per heavy atom. The molecule has 5 N–H and O–H groups in total. The topological polar surface area (TPSA) is 139 Å². The maximum Gasteiger partial charge on any atom is 0.227 e. The Morgan fingerprint density at radius 2 is 2.09 bits per heavy atom. The van der Waals surface area contributed by atoms with Gasteiger partial charge in [-0.1, -0.05) is 12.1 Å². The van der Waals surface area contributed by atoms with Crippen LogP contribution in [0, 0.1) is 11.3 Å². The predicted molar refractivity (Wildman–Crippen MR) is 134 cm³/mol. The van der Waals surface area contributed by atoms with Crippen molar-refractivity contribution in [3.63, 3.8) is 0 Å². The minimum atomic E-state index is -0.368. The number of nitrogens with zero attached hydrogens (tertiary/aromatic N) is 3. The van der Waals surface area contributed by atoms with E-state index in [1.807, 2.05) is 30.3 Å². The molecule has 1 aromatic carbocycles. The van der Waals surface area contributed by atoms with Gasteiger partial charge in [0, 0.05) is 36.0 Å². The van der Waals surface area contributed by atoms with Crippen LogP contribution in [0.5, 0.6) is 0 Å². The van der Waals surface area contributed by atoms with Crippen molar-refractivity contribution in [1.82, 2.24) is 15.2 Å². The molecule has 0 bridgehead atoms. The minimum Gasteiger partial charge on any atom is -0.393 e. The molecule has 1 aliphatic carbocycles. The van der Waals surface area contributed by atoms with E-state index in [2.05, 4.69) is 32.7 Å². The summed E-state index contributed by atoms with van der Waals surface area (Å²) >= 11 is 0. The van der Waals surface area contributed by atoms with Gasteiger partial charge in [0.1, 0.15) is 17.5 Å². The summed E-state index contributed by atoms with van der Waals surface area (Å²) in [6.45, 7) is 4.08. The summed E-state index contributed by atoms with van der Waals surface area (Å²) < 4.78 is 5.61. The molecule has 1 saturated heterocycles. The van der Waals surface area contributed by atoms with Gasteiger partial charge in [-0.2, -0.15) is 5.10 Å². The third kappa shape index (κ3) is 4.89. The second kappa shape index (κ2) is 9.85. The summed E-state index contributed by atoms with van der Waals surface area (Å²) in [5.41, 5.74) is 3.09. The molecule has 0 radical (unpaired) electrons. The van der Waals surface area contributed by atoms with Crippen molar-refractivity contribution in [3.8, 4) is 11.1 Å². The molecule has 0 unspecified atom stereocenters. The van der Waals surface area contributed by atoms with E-state index in [1.54, 1.807) is 12.3 Å². The first-order valence-electron chi connectivity index (χ1n) is 11.8. The van der Waals surface area contributed by atoms with Crippen molar-refractivity contribution in [1.29, 1.82) is 5.41 Å². The molecule has 10 heteroatoms. The van der Waals surface area contributed by atoms with Crippen LogP contribution in [0.2, 0.25) is 0 Å². The number of morpholine rings is 1. The third-order valence-corrected chi connectivity index (χ3v) is 6.55. The van der Waals surface area contributed by atoms with Crippen LogP contribution in [0.1, 0.15) is 25.3 Å². The number of hydrogen-bond donors (Lipinski definition) is 5. The van der Waals surface area contributed by atoms with Crippen LogP contribution < -0.4 is 15.5 Å². The zero-order valence-corrected chi connectivity index (χ0v) is 19.5. The smallest absolute Gasteiger partial charge is 0.227 e. The summed E-state index contributed by atoms with van der Waals surface area (Å²) in [6, 6.07) is 11.5. The molecule has 3 heterocycles. The summed E-state index contributed by atoms with van der Waals surface area (Å²) in [5, 5.41) is 30.7. The van der Waals surface area contributed by atoms with Crippen LogP contribution in [-0.4, -0.2) is 64.3 Å². The van der Waals surface area contributed by atoms with Crippen LogP contribution >= 0.6 is 0 Å². The number of rotatable bonds is 7. The zero-order valence-electron chi connectivity index (χ0n) is 19.5. The lowest BCUT2D eigenvalue weighted by Crippen LogP contribution is -2.44. The van der Waals surface area contributed by atoms with E-state index < -0.39 is 0 Å². The van der Waals surface area contributed by atoms with E-state index in [0.29, 0.717) is 48.9 Å². The average Bonchev–Trinajstić information content (AvgIpc) is 3.35. The first-order chi connectivity index (χ1) is 17.0. The van der Waals surface area contributed by atoms with Crippen molar-refractivity contribution < 1.29 is 14.6 Å². The monoisotopic (exact) mass is 475 g/mol. The number of H-pyrrole nitrogens is 1. The number of benzene rings is 1. The first-order valence-corrected chi connectivity index (χ1v) is 11.8. The number of pyridine rings is 1. The van der Waals surface area contributed by atoms with E-state index in [1.165, 1.54) is 6.21 Å². The maximum atomic E-state index is 12.3. The van der Waals surface area contributed by atoms with E-state index >= 15 is 0 Å². The number of nitrogens with one attached hydrogen (secondary N) is 4. The molecule has 2 aliphatic rings. The van der Waals surface area contributed by atoms with Gasteiger partial charge in [-0.15, -0.1) is 0 Å². The number of aromatic nitrogens is 3. The maximum absolute atomic E-state index is 12.3. The Bertz CT molecular complexity index is 1190. The highest BCUT2D eigenvalue weighted by Crippen LogP contribution is 2.34. The van der Waals surface area contributed by atoms with E-state index in [4.69, 9.17) is 15.1 Å². The zero-order chi connectivity index (χ0) is 24.4. The summed E-state index contributed by atoms with van der Waals surface area (Å²) in [5.74, 6) is 1.82. The molecule has 0 spiro atoms. The first kappa shape index (κ1) is 23.0. The van der Waals surface area contributed by atoms with Gasteiger partial charge in [0.25, 0.3) is 0 Å². The number of aliphatic hydroxyl groups is 1. The fourth-order valence-electron chi connectivity index (χ4n) is 4.47. The molecule has 10 nitrogen and oxygen atoms in total. The highest BCUT2D eigenvalue weighted by Gasteiger charge is 2.33. The van der Waals surface area contributed by atoms with Crippen LogP contribution in [0.4, 0.5) is 23.1 Å². The van der Waals surface area contributed by atoms with Gasteiger partial charge < -0.3 is 30.8 Å². The van der Waals surface area contributed by atoms with E-state index in [9.17, 15) is 9.90 Å². The molecule has 1 aliphatic heterocycles. The van der Waals surface area contributed by atoms with Crippen molar-refractivity contribution in [3.05, 3.63) is 48.2 Å². The number of anilines is 4. The lowest BCUT2D eigenvalue weighted by atomic mass is 9.82. The molecule has 1 amide bonds. The van der Waals surface area contributed by atoms with Gasteiger partial charge >= 0.3 is 0 Å². The Kier molecular flexibility index (Phi) is 6.47. The SMILES string of the molecule is C[C@@H]1COCCN1c1cc(-c2ccc(NC(=O)C3CC(O)C3)cc2)c(C=N)c(Nc2ccn[nH]2)n1. The van der Waals surface area contributed by atoms with Crippen molar-refractivity contribution in [2.24, 2.45) is 5.92 Å². The average molecular weight is 476 g/mol. The Labute approximate surface area is 203 Å². The van der Waals surface area contributed by atoms with Crippen molar-refractivity contribution in [2.75, 3.05) is 35.3 Å². The van der Waals surface area contributed by atoms with Crippen LogP contribution in [0.25, 0.3) is 11.1 Å². The normalized spacial score (nSPS) is 21.8. The number of hydrogen-bond acceptors (Lipinski definition) is 8. The molecular weight excluding hydrogens is 446 g/mol. The Morgan fingerprint density at radius 1 is 1.29 bits per heavy atom. The van der Waals surface area contributed by atoms with E-state index in [-0.39, 0.29) is 24.0 Å². The molecular formula is C25H29N7O3. The van der Waals surface area contributed by atoms with Crippen LogP contribution in [0.15, 0.2) is 42.6 Å². The number of amides is 1. The molecule has 3 aromatic rings. The molecule has 5 rings (SSSR count). The van der Waals surface area contributed by atoms with Gasteiger partial charge in [0.05, 0.1) is 31.6 Å². The highest BCUT2D eigenvalue weighted by molar-refractivity contribution is 5.97. The van der Waals surface area contributed by atoms with Gasteiger partial charge in [-0.05, 0) is 49.1 Å². The van der Waals surface area contributed by atoms with Crippen molar-refractivity contribution in [2.45, 2.75) is 31.9 Å². The van der Waals surface area contributed by atoms with Crippen LogP contribution in [-0.2, 0) is 9.53 Å². The number of aromatic amines is 1. The highest BCUT2D eigenvalue weighted by atomic mass is 16.5. The molecule has 2 fully saturated rings. The largest absolute Gasteiger partial charge is 0.393 e. The number of aliphatic hydroxyl groups excluding tert-OH is 1. The Balaban J connectivity index is 1.48. The lowest BCUT2D eigenvalue weighted by Gasteiger charge is -2.35. The number of ether oxygens (including phenoxy) is 1. The molecule has 1 saturated carbocycles. The van der Waals surface area contributed by atoms with Gasteiger partial charge in [-0.3, -0.25) is 9.89 Å². The fourth-order valence-corrected chi connectivity index (χ4v) is 4.47. The fraction of sp³-hybridized carbons (Fsp3) is 0.360. The molecule has 182 valence electrons. The second-order valence-electron chi connectivity index (χ2n) is 9.04. The Hall–Kier alpha value is -3.76. The van der Waals surface area contributed by atoms with Crippen LogP contribution in [0.3, 0.4) is 0 Å². The van der Waals surface area contributed by atoms with Gasteiger partial charge in [0.2, 0.25) is 5.91 Å². The number of carbonyl (C=O) groups is 1. The predicted octanol–water partition coefficient (Wildman–Crippen LogP) is 3.15. The quantitative estimate of drug-likeness (QED) is 0.331. The van der Waals surface area contributed by atoms with Crippen molar-refractivity contribution >= 4 is 35.3 Å². The minimum absolute atomic E-state index is 0.0678. The lowest BCUT2D eigenvalue weighted by molar-refractivity contribution is -0.126. The standard InChI is InChI=1S/C25H29N7O3/c1-15-14-35-9-8-32(15)23-12-20(21(13-26)24(30-23)29-22-6-7-27-31-22)16-2-4-18(5-3-16)28-25(34)17-10-19(33)11-17/h2-7,12-13,15,17,19,26,33H,8-11,14H2,1H3,(H,28,34)(H2,27,29,30,31)/t15-,17?,19?/m1/s1. The molecule has 2 aromatic heterocycles.